The maximum Gasteiger partial charge on any atom is 0.290 e. The van der Waals surface area contributed by atoms with E-state index in [-0.39, 0.29) is 17.9 Å². The van der Waals surface area contributed by atoms with Gasteiger partial charge in [0.15, 0.2) is 17.8 Å². The van der Waals surface area contributed by atoms with E-state index in [1.165, 1.54) is 26.0 Å². The Hall–Kier alpha value is -2.38. The van der Waals surface area contributed by atoms with Gasteiger partial charge in [-0.25, -0.2) is 0 Å². The Morgan fingerprint density at radius 3 is 2.32 bits per heavy atom. The fraction of sp³-hybridized carbons (Fsp3) is 0.444. The molecule has 1 aliphatic rings. The van der Waals surface area contributed by atoms with E-state index in [2.05, 4.69) is 0 Å². The number of hydrogen-bond acceptors (Lipinski definition) is 6. The van der Waals surface area contributed by atoms with E-state index < -0.39 is 24.0 Å². The molecule has 1 unspecified atom stereocenters. The average molecular weight is 349 g/mol. The van der Waals surface area contributed by atoms with Crippen molar-refractivity contribution in [2.75, 3.05) is 27.4 Å². The number of nitrogens with zero attached hydrogens (tertiary/aromatic N) is 1. The summed E-state index contributed by atoms with van der Waals surface area (Å²) in [4.78, 5) is 25.9. The van der Waals surface area contributed by atoms with Gasteiger partial charge in [0.25, 0.3) is 5.91 Å². The zero-order valence-corrected chi connectivity index (χ0v) is 14.8. The zero-order chi connectivity index (χ0) is 18.6. The van der Waals surface area contributed by atoms with Gasteiger partial charge in [-0.2, -0.15) is 0 Å². The van der Waals surface area contributed by atoms with E-state index in [1.54, 1.807) is 24.3 Å². The Morgan fingerprint density at radius 2 is 1.84 bits per heavy atom. The zero-order valence-electron chi connectivity index (χ0n) is 14.8. The van der Waals surface area contributed by atoms with Crippen LogP contribution in [0, 0.1) is 0 Å². The van der Waals surface area contributed by atoms with Crippen LogP contribution in [0.2, 0.25) is 0 Å². The van der Waals surface area contributed by atoms with Crippen molar-refractivity contribution in [1.82, 2.24) is 4.90 Å². The highest BCUT2D eigenvalue weighted by Crippen LogP contribution is 2.38. The Balaban J connectivity index is 2.42. The molecule has 136 valence electrons. The minimum atomic E-state index is -0.700. The van der Waals surface area contributed by atoms with E-state index in [4.69, 9.17) is 14.2 Å². The highest BCUT2D eigenvalue weighted by Gasteiger charge is 2.43. The molecule has 7 nitrogen and oxygen atoms in total. The smallest absolute Gasteiger partial charge is 0.290 e. The number of hydrogen-bond donors (Lipinski definition) is 1. The second-order valence-electron chi connectivity index (χ2n) is 5.58. The molecule has 0 saturated heterocycles. The molecule has 1 aromatic carbocycles. The van der Waals surface area contributed by atoms with Crippen LogP contribution in [0.1, 0.15) is 25.5 Å². The largest absolute Gasteiger partial charge is 0.503 e. The molecule has 0 aliphatic carbocycles. The molecule has 1 amide bonds. The lowest BCUT2D eigenvalue weighted by Crippen LogP contribution is -2.38. The third kappa shape index (κ3) is 3.83. The SMILES string of the molecule is CCOc1ccc(C2C(C(C)=O)=C(O)C(=O)N2CC(OC)OC)cc1. The van der Waals surface area contributed by atoms with Gasteiger partial charge in [0.2, 0.25) is 0 Å². The monoisotopic (exact) mass is 349 g/mol. The number of carbonyl (C=O) groups excluding carboxylic acids is 2. The molecule has 1 atom stereocenters. The van der Waals surface area contributed by atoms with Crippen LogP contribution in [0.5, 0.6) is 5.75 Å². The van der Waals surface area contributed by atoms with Crippen molar-refractivity contribution in [2.45, 2.75) is 26.2 Å². The van der Waals surface area contributed by atoms with Crippen molar-refractivity contribution < 1.29 is 28.9 Å². The van der Waals surface area contributed by atoms with Gasteiger partial charge in [0.05, 0.1) is 24.8 Å². The van der Waals surface area contributed by atoms with Crippen LogP contribution in [0.3, 0.4) is 0 Å². The van der Waals surface area contributed by atoms with Crippen LogP contribution >= 0.6 is 0 Å². The molecular formula is C18H23NO6. The molecule has 0 spiro atoms. The molecule has 1 aromatic rings. The van der Waals surface area contributed by atoms with E-state index in [0.717, 1.165) is 0 Å². The summed E-state index contributed by atoms with van der Waals surface area (Å²) in [6.45, 7) is 3.82. The molecule has 7 heteroatoms. The number of aliphatic hydroxyl groups is 1. The van der Waals surface area contributed by atoms with Crippen molar-refractivity contribution in [3.05, 3.63) is 41.2 Å². The van der Waals surface area contributed by atoms with Gasteiger partial charge >= 0.3 is 0 Å². The summed E-state index contributed by atoms with van der Waals surface area (Å²) in [7, 11) is 2.92. The average Bonchev–Trinajstić information content (AvgIpc) is 2.85. The fourth-order valence-electron chi connectivity index (χ4n) is 2.87. The van der Waals surface area contributed by atoms with Crippen LogP contribution in [-0.4, -0.2) is 55.4 Å². The number of ether oxygens (including phenoxy) is 3. The van der Waals surface area contributed by atoms with E-state index >= 15 is 0 Å². The number of rotatable bonds is 8. The van der Waals surface area contributed by atoms with Crippen LogP contribution in [-0.2, 0) is 19.1 Å². The van der Waals surface area contributed by atoms with Gasteiger partial charge in [-0.15, -0.1) is 0 Å². The first kappa shape index (κ1) is 19.0. The lowest BCUT2D eigenvalue weighted by Gasteiger charge is -2.29. The molecule has 1 heterocycles. The normalized spacial score (nSPS) is 17.6. The molecule has 0 aromatic heterocycles. The van der Waals surface area contributed by atoms with E-state index in [0.29, 0.717) is 17.9 Å². The lowest BCUT2D eigenvalue weighted by atomic mass is 9.96. The lowest BCUT2D eigenvalue weighted by molar-refractivity contribution is -0.144. The Morgan fingerprint density at radius 1 is 1.24 bits per heavy atom. The van der Waals surface area contributed by atoms with Crippen LogP contribution in [0.4, 0.5) is 0 Å². The van der Waals surface area contributed by atoms with Crippen molar-refractivity contribution in [3.63, 3.8) is 0 Å². The highest BCUT2D eigenvalue weighted by molar-refractivity contribution is 6.08. The molecular weight excluding hydrogens is 326 g/mol. The van der Waals surface area contributed by atoms with Gasteiger partial charge in [0, 0.05) is 14.2 Å². The first-order valence-corrected chi connectivity index (χ1v) is 7.97. The van der Waals surface area contributed by atoms with Gasteiger partial charge in [-0.1, -0.05) is 12.1 Å². The minimum absolute atomic E-state index is 0.0696. The number of ketones is 1. The summed E-state index contributed by atoms with van der Waals surface area (Å²) in [5.41, 5.74) is 0.761. The predicted octanol–water partition coefficient (Wildman–Crippen LogP) is 1.99. The Bertz CT molecular complexity index is 663. The van der Waals surface area contributed by atoms with Crippen LogP contribution in [0.25, 0.3) is 0 Å². The summed E-state index contributed by atoms with van der Waals surface area (Å²) in [6.07, 6.45) is -0.673. The standard InChI is InChI=1S/C18H23NO6/c1-5-25-13-8-6-12(7-9-13)16-15(11(2)20)17(21)18(22)19(16)10-14(23-3)24-4/h6-9,14,16,21H,5,10H2,1-4H3. The van der Waals surface area contributed by atoms with Crippen molar-refractivity contribution in [2.24, 2.45) is 0 Å². The van der Waals surface area contributed by atoms with Gasteiger partial charge in [-0.3, -0.25) is 9.59 Å². The molecule has 2 rings (SSSR count). The number of methoxy groups -OCH3 is 2. The van der Waals surface area contributed by atoms with Gasteiger partial charge in [-0.05, 0) is 31.5 Å². The van der Waals surface area contributed by atoms with Crippen molar-refractivity contribution >= 4 is 11.7 Å². The second-order valence-corrected chi connectivity index (χ2v) is 5.58. The maximum atomic E-state index is 12.5. The second kappa shape index (κ2) is 8.13. The predicted molar refractivity (Wildman–Crippen MR) is 90.2 cm³/mol. The molecule has 0 saturated carbocycles. The molecule has 0 fully saturated rings. The maximum absolute atomic E-state index is 12.5. The highest BCUT2D eigenvalue weighted by atomic mass is 16.7. The summed E-state index contributed by atoms with van der Waals surface area (Å²) in [6, 6.07) is 6.36. The van der Waals surface area contributed by atoms with Crippen LogP contribution < -0.4 is 4.74 Å². The summed E-state index contributed by atoms with van der Waals surface area (Å²) >= 11 is 0. The Kier molecular flexibility index (Phi) is 6.17. The number of benzene rings is 1. The molecule has 0 bridgehead atoms. The minimum Gasteiger partial charge on any atom is -0.503 e. The summed E-state index contributed by atoms with van der Waals surface area (Å²) in [5.74, 6) is -0.828. The van der Waals surface area contributed by atoms with E-state index in [9.17, 15) is 14.7 Å². The number of aliphatic hydroxyl groups excluding tert-OH is 1. The summed E-state index contributed by atoms with van der Waals surface area (Å²) in [5, 5.41) is 10.2. The first-order chi connectivity index (χ1) is 11.9. The number of carbonyl (C=O) groups is 2. The van der Waals surface area contributed by atoms with E-state index in [1.807, 2.05) is 6.92 Å². The molecule has 0 radical (unpaired) electrons. The first-order valence-electron chi connectivity index (χ1n) is 7.97. The molecule has 25 heavy (non-hydrogen) atoms. The van der Waals surface area contributed by atoms with Crippen LogP contribution in [0.15, 0.2) is 35.6 Å². The molecule has 1 N–H and O–H groups in total. The third-order valence-electron chi connectivity index (χ3n) is 4.06. The number of Topliss-reactive ketones (excluding diaryl/α,β-unsaturated/α-hetero) is 1. The molecule has 1 aliphatic heterocycles. The quantitative estimate of drug-likeness (QED) is 0.723. The number of amides is 1. The van der Waals surface area contributed by atoms with Gasteiger partial charge < -0.3 is 24.2 Å². The fourth-order valence-corrected chi connectivity index (χ4v) is 2.87. The topological polar surface area (TPSA) is 85.3 Å². The Labute approximate surface area is 146 Å². The summed E-state index contributed by atoms with van der Waals surface area (Å²) < 4.78 is 15.7. The third-order valence-corrected chi connectivity index (χ3v) is 4.06. The van der Waals surface area contributed by atoms with Crippen molar-refractivity contribution in [3.8, 4) is 5.75 Å². The van der Waals surface area contributed by atoms with Crippen molar-refractivity contribution in [1.29, 1.82) is 0 Å². The van der Waals surface area contributed by atoms with Gasteiger partial charge in [0.1, 0.15) is 5.75 Å².